The highest BCUT2D eigenvalue weighted by Gasteiger charge is 2.56. The molecule has 15 heteroatoms. The SMILES string of the molecule is CC1S/C(=C2/S/C(=C3/SC(C4S/C(=C5/SC(C)C6=C5OCCO6)C5OCCOC54)C4=C3OCCO4)C3OCCOC23)C2=C1OCCO2. The quantitative estimate of drug-likeness (QED) is 0.352. The average Bonchev–Trinajstić information content (AvgIpc) is 3.92. The van der Waals surface area contributed by atoms with Crippen LogP contribution in [0.15, 0.2) is 64.0 Å². The number of hydrogen-bond donors (Lipinski definition) is 0. The van der Waals surface area contributed by atoms with Crippen molar-refractivity contribution in [3.8, 4) is 0 Å². The van der Waals surface area contributed by atoms with E-state index in [1.807, 2.05) is 11.8 Å². The maximum atomic E-state index is 6.53. The van der Waals surface area contributed by atoms with Crippen LogP contribution in [0.5, 0.6) is 0 Å². The summed E-state index contributed by atoms with van der Waals surface area (Å²) in [7, 11) is 0. The van der Waals surface area contributed by atoms with Gasteiger partial charge in [0.15, 0.2) is 34.6 Å². The van der Waals surface area contributed by atoms with Gasteiger partial charge in [-0.3, -0.25) is 0 Å². The maximum absolute atomic E-state index is 6.53. The predicted octanol–water partition coefficient (Wildman–Crippen LogP) is 5.21. The normalized spacial score (nSPS) is 44.0. The van der Waals surface area contributed by atoms with Crippen LogP contribution in [-0.4, -0.2) is 111 Å². The van der Waals surface area contributed by atoms with Crippen molar-refractivity contribution in [2.75, 3.05) is 66.1 Å². The molecule has 0 N–H and O–H groups in total. The Morgan fingerprint density at radius 2 is 0.915 bits per heavy atom. The van der Waals surface area contributed by atoms with Crippen LogP contribution in [0.2, 0.25) is 0 Å². The molecule has 4 fully saturated rings. The Balaban J connectivity index is 1.04. The van der Waals surface area contributed by atoms with Crippen LogP contribution in [0.1, 0.15) is 13.8 Å². The van der Waals surface area contributed by atoms with E-state index in [1.165, 1.54) is 4.91 Å². The zero-order chi connectivity index (χ0) is 31.2. The van der Waals surface area contributed by atoms with Gasteiger partial charge in [0.25, 0.3) is 0 Å². The third kappa shape index (κ3) is 4.88. The molecule has 10 rings (SSSR count). The van der Waals surface area contributed by atoms with Crippen LogP contribution in [0, 0.1) is 0 Å². The Labute approximate surface area is 294 Å². The van der Waals surface area contributed by atoms with Gasteiger partial charge in [0.1, 0.15) is 64.1 Å². The van der Waals surface area contributed by atoms with Gasteiger partial charge in [0.2, 0.25) is 0 Å². The molecule has 0 aromatic carbocycles. The average molecular weight is 739 g/mol. The summed E-state index contributed by atoms with van der Waals surface area (Å²) < 4.78 is 63.4. The van der Waals surface area contributed by atoms with E-state index in [0.717, 1.165) is 59.1 Å². The molecule has 10 nitrogen and oxygen atoms in total. The third-order valence-corrected chi connectivity index (χ3v) is 16.6. The Kier molecular flexibility index (Phi) is 7.99. The van der Waals surface area contributed by atoms with Crippen molar-refractivity contribution in [2.45, 2.75) is 59.3 Å². The van der Waals surface area contributed by atoms with Gasteiger partial charge < -0.3 is 47.4 Å². The van der Waals surface area contributed by atoms with Crippen LogP contribution in [0.3, 0.4) is 0 Å². The van der Waals surface area contributed by atoms with Gasteiger partial charge in [-0.15, -0.1) is 47.0 Å². The molecule has 0 saturated carbocycles. The largest absolute Gasteiger partial charge is 0.489 e. The van der Waals surface area contributed by atoms with E-state index in [9.17, 15) is 0 Å². The Hall–Kier alpha value is -1.17. The summed E-state index contributed by atoms with van der Waals surface area (Å²) in [6.07, 6.45) is -0.754. The topological polar surface area (TPSA) is 92.3 Å². The molecule has 10 aliphatic rings. The highest BCUT2D eigenvalue weighted by molar-refractivity contribution is 8.12. The molecule has 0 bridgehead atoms. The van der Waals surface area contributed by atoms with E-state index in [2.05, 4.69) is 13.8 Å². The molecule has 0 radical (unpaired) electrons. The lowest BCUT2D eigenvalue weighted by atomic mass is 10.0. The summed E-state index contributed by atoms with van der Waals surface area (Å²) in [4.78, 5) is 6.72. The molecule has 47 heavy (non-hydrogen) atoms. The number of ether oxygens (including phenoxy) is 10. The second-order valence-corrected chi connectivity index (χ2v) is 18.4. The van der Waals surface area contributed by atoms with Gasteiger partial charge in [-0.25, -0.2) is 0 Å². The van der Waals surface area contributed by atoms with Gasteiger partial charge >= 0.3 is 0 Å². The highest BCUT2D eigenvalue weighted by Crippen LogP contribution is 2.62. The van der Waals surface area contributed by atoms with Crippen molar-refractivity contribution in [1.82, 2.24) is 0 Å². The minimum Gasteiger partial charge on any atom is -0.489 e. The third-order valence-electron chi connectivity index (χ3n) is 9.38. The molecule has 252 valence electrons. The molecule has 4 saturated heterocycles. The Bertz CT molecular complexity index is 1580. The van der Waals surface area contributed by atoms with Crippen LogP contribution in [0.4, 0.5) is 0 Å². The zero-order valence-corrected chi connectivity index (χ0v) is 29.9. The van der Waals surface area contributed by atoms with Crippen LogP contribution in [-0.2, 0) is 47.4 Å². The van der Waals surface area contributed by atoms with Gasteiger partial charge in [0.05, 0.1) is 62.1 Å². The first-order valence-corrected chi connectivity index (χ1v) is 20.5. The van der Waals surface area contributed by atoms with E-state index in [4.69, 9.17) is 47.4 Å². The van der Waals surface area contributed by atoms with E-state index in [-0.39, 0.29) is 45.4 Å². The monoisotopic (exact) mass is 738 g/mol. The Morgan fingerprint density at radius 1 is 0.447 bits per heavy atom. The summed E-state index contributed by atoms with van der Waals surface area (Å²) in [5.41, 5.74) is 0. The molecule has 0 aliphatic carbocycles. The molecule has 8 atom stereocenters. The van der Waals surface area contributed by atoms with Crippen LogP contribution < -0.4 is 0 Å². The standard InChI is InChI=1S/C32H34O10S5/c1-13-15-17(35-5-3-33-15)25(43-13)27-19-21(39-9-7-37-19)29(45-27)31-23-24(42-12-11-41-23)32(47-31)30-22-20(38-8-10-40-22)28(46-30)26-18-16(14(2)44-26)34-4-6-36-18/h13-14,19-22,29,31H,3-12H2,1-2H3/b27-25+,28-26+,32-30+. The van der Waals surface area contributed by atoms with E-state index >= 15 is 0 Å². The second kappa shape index (κ2) is 12.3. The number of thioether (sulfide) groups is 5. The van der Waals surface area contributed by atoms with Crippen molar-refractivity contribution in [3.05, 3.63) is 64.0 Å². The van der Waals surface area contributed by atoms with Crippen LogP contribution in [0.25, 0.3) is 0 Å². The minimum atomic E-state index is -0.233. The molecule has 0 aromatic rings. The van der Waals surface area contributed by atoms with Gasteiger partial charge in [0, 0.05) is 14.7 Å². The van der Waals surface area contributed by atoms with E-state index in [0.29, 0.717) is 66.1 Å². The van der Waals surface area contributed by atoms with Crippen molar-refractivity contribution >= 4 is 58.8 Å². The lowest BCUT2D eigenvalue weighted by Gasteiger charge is -2.32. The summed E-state index contributed by atoms with van der Waals surface area (Å²) in [5, 5.41) is 0.396. The lowest BCUT2D eigenvalue weighted by molar-refractivity contribution is -0.118. The number of hydrogen-bond acceptors (Lipinski definition) is 15. The minimum absolute atomic E-state index is 0.0311. The van der Waals surface area contributed by atoms with Crippen molar-refractivity contribution in [3.63, 3.8) is 0 Å². The maximum Gasteiger partial charge on any atom is 0.172 e. The molecule has 10 aliphatic heterocycles. The zero-order valence-electron chi connectivity index (χ0n) is 25.8. The fourth-order valence-corrected chi connectivity index (χ4v) is 14.8. The van der Waals surface area contributed by atoms with E-state index < -0.39 is 0 Å². The van der Waals surface area contributed by atoms with Gasteiger partial charge in [-0.1, -0.05) is 11.8 Å². The van der Waals surface area contributed by atoms with Gasteiger partial charge in [-0.05, 0) is 13.8 Å². The second-order valence-electron chi connectivity index (χ2n) is 12.2. The van der Waals surface area contributed by atoms with E-state index in [1.54, 1.807) is 47.0 Å². The molecule has 0 amide bonds. The Morgan fingerprint density at radius 3 is 1.53 bits per heavy atom. The fraction of sp³-hybridized carbons (Fsp3) is 0.625. The summed E-state index contributed by atoms with van der Waals surface area (Å²) >= 11 is 8.97. The van der Waals surface area contributed by atoms with Crippen molar-refractivity contribution in [2.24, 2.45) is 0 Å². The number of rotatable bonds is 1. The molecular weight excluding hydrogens is 705 g/mol. The first-order chi connectivity index (χ1) is 23.2. The smallest absolute Gasteiger partial charge is 0.172 e. The summed E-state index contributed by atoms with van der Waals surface area (Å²) in [6.45, 7) is 9.85. The molecular formula is C32H34O10S5. The lowest BCUT2D eigenvalue weighted by Crippen LogP contribution is -2.44. The fourth-order valence-electron chi connectivity index (χ4n) is 7.44. The van der Waals surface area contributed by atoms with Crippen LogP contribution >= 0.6 is 58.8 Å². The summed E-state index contributed by atoms with van der Waals surface area (Å²) in [6, 6.07) is 0. The van der Waals surface area contributed by atoms with Gasteiger partial charge in [-0.2, -0.15) is 0 Å². The highest BCUT2D eigenvalue weighted by atomic mass is 32.2. The molecule has 0 spiro atoms. The molecule has 8 unspecified atom stereocenters. The molecule has 0 aromatic heterocycles. The van der Waals surface area contributed by atoms with Crippen molar-refractivity contribution < 1.29 is 47.4 Å². The summed E-state index contributed by atoms with van der Waals surface area (Å²) in [5.74, 6) is 5.31. The molecule has 10 heterocycles. The first kappa shape index (κ1) is 30.6. The van der Waals surface area contributed by atoms with Crippen molar-refractivity contribution in [1.29, 1.82) is 0 Å². The first-order valence-electron chi connectivity index (χ1n) is 16.2. The number of fused-ring (bicyclic) bond motifs is 2. The predicted molar refractivity (Wildman–Crippen MR) is 181 cm³/mol.